The molecule has 2 amide bonds. The molecule has 1 saturated carbocycles. The molecule has 41 heavy (non-hydrogen) atoms. The first-order valence-electron chi connectivity index (χ1n) is 13.8. The molecule has 2 fully saturated rings. The molecule has 3 aromatic rings. The maximum atomic E-state index is 15.0. The summed E-state index contributed by atoms with van der Waals surface area (Å²) in [5.41, 5.74) is 1.50. The highest BCUT2D eigenvalue weighted by Gasteiger charge is 2.29. The van der Waals surface area contributed by atoms with Crippen molar-refractivity contribution in [2.45, 2.75) is 58.1 Å². The number of rotatable bonds is 9. The van der Waals surface area contributed by atoms with Gasteiger partial charge in [0.1, 0.15) is 28.9 Å². The average molecular weight is 570 g/mol. The van der Waals surface area contributed by atoms with Gasteiger partial charge < -0.3 is 34.1 Å². The molecule has 0 radical (unpaired) electrons. The number of nitrogens with zero attached hydrogens (tertiary/aromatic N) is 3. The number of fused-ring (bicyclic) bond motifs is 1. The van der Waals surface area contributed by atoms with E-state index in [0.717, 1.165) is 12.8 Å². The predicted molar refractivity (Wildman–Crippen MR) is 148 cm³/mol. The van der Waals surface area contributed by atoms with Crippen LogP contribution in [0.1, 0.15) is 56.8 Å². The summed E-state index contributed by atoms with van der Waals surface area (Å²) >= 11 is 0. The summed E-state index contributed by atoms with van der Waals surface area (Å²) in [5, 5.41) is 3.06. The van der Waals surface area contributed by atoms with E-state index in [-0.39, 0.29) is 30.6 Å². The van der Waals surface area contributed by atoms with E-state index in [1.165, 1.54) is 25.6 Å². The Hall–Kier alpha value is -3.93. The van der Waals surface area contributed by atoms with Crippen molar-refractivity contribution < 1.29 is 32.9 Å². The largest absolute Gasteiger partial charge is 0.492 e. The van der Waals surface area contributed by atoms with Gasteiger partial charge in [0.2, 0.25) is 0 Å². The lowest BCUT2D eigenvalue weighted by Crippen LogP contribution is -2.47. The van der Waals surface area contributed by atoms with Gasteiger partial charge in [0.05, 0.1) is 17.7 Å². The standard InChI is InChI=1S/C29H36FN5O6/c1-29(2,3)41-28(37)35-9-7-18(8-10-35)34-27(36)20-13-31-26-24(32-15-33-25(20)26)19-11-21(30)23(40-16-38-4)12-22(19)39-14-17-5-6-17/h11-13,15,17-18,31H,5-10,14,16H2,1-4H3,(H,34,36). The first-order chi connectivity index (χ1) is 19.6. The lowest BCUT2D eigenvalue weighted by atomic mass is 10.0. The highest BCUT2D eigenvalue weighted by molar-refractivity contribution is 6.08. The van der Waals surface area contributed by atoms with Crippen LogP contribution in [0.3, 0.4) is 0 Å². The number of aromatic amines is 1. The molecule has 0 atom stereocenters. The van der Waals surface area contributed by atoms with Crippen LogP contribution in [0, 0.1) is 11.7 Å². The van der Waals surface area contributed by atoms with Gasteiger partial charge in [-0.05, 0) is 58.4 Å². The molecule has 12 heteroatoms. The van der Waals surface area contributed by atoms with Crippen molar-refractivity contribution in [3.05, 3.63) is 36.0 Å². The summed E-state index contributed by atoms with van der Waals surface area (Å²) in [4.78, 5) is 39.2. The molecular formula is C29H36FN5O6. The van der Waals surface area contributed by atoms with Crippen LogP contribution >= 0.6 is 0 Å². The van der Waals surface area contributed by atoms with E-state index < -0.39 is 11.4 Å². The molecule has 1 aliphatic carbocycles. The van der Waals surface area contributed by atoms with E-state index in [1.807, 2.05) is 20.8 Å². The first-order valence-corrected chi connectivity index (χ1v) is 13.8. The fourth-order valence-corrected chi connectivity index (χ4v) is 4.68. The van der Waals surface area contributed by atoms with Crippen molar-refractivity contribution >= 4 is 23.0 Å². The molecule has 2 aliphatic rings. The number of amides is 2. The number of carbonyl (C=O) groups is 2. The number of methoxy groups -OCH3 is 1. The van der Waals surface area contributed by atoms with Crippen LogP contribution in [-0.4, -0.2) is 77.1 Å². The molecule has 2 N–H and O–H groups in total. The van der Waals surface area contributed by atoms with E-state index in [9.17, 15) is 9.59 Å². The summed E-state index contributed by atoms with van der Waals surface area (Å²) in [6, 6.07) is 2.71. The van der Waals surface area contributed by atoms with Crippen LogP contribution in [0.25, 0.3) is 22.3 Å². The summed E-state index contributed by atoms with van der Waals surface area (Å²) in [5.74, 6) is 0.0114. The number of aromatic nitrogens is 3. The average Bonchev–Trinajstić information content (AvgIpc) is 3.66. The van der Waals surface area contributed by atoms with E-state index in [1.54, 1.807) is 11.1 Å². The second kappa shape index (κ2) is 11.9. The molecule has 1 aromatic carbocycles. The molecule has 0 unspecified atom stereocenters. The van der Waals surface area contributed by atoms with Crippen LogP contribution < -0.4 is 14.8 Å². The number of hydrogen-bond acceptors (Lipinski definition) is 8. The van der Waals surface area contributed by atoms with Crippen molar-refractivity contribution in [3.8, 4) is 22.8 Å². The van der Waals surface area contributed by atoms with E-state index in [0.29, 0.717) is 72.1 Å². The highest BCUT2D eigenvalue weighted by Crippen LogP contribution is 2.39. The molecular weight excluding hydrogens is 533 g/mol. The number of carbonyl (C=O) groups excluding carboxylic acids is 2. The van der Waals surface area contributed by atoms with Crippen molar-refractivity contribution in [1.82, 2.24) is 25.2 Å². The lowest BCUT2D eigenvalue weighted by molar-refractivity contribution is 0.0199. The van der Waals surface area contributed by atoms with Gasteiger partial charge in [0.15, 0.2) is 18.4 Å². The Morgan fingerprint density at radius 2 is 1.85 bits per heavy atom. The second-order valence-electron chi connectivity index (χ2n) is 11.4. The molecule has 2 aromatic heterocycles. The number of halogens is 1. The Labute approximate surface area is 237 Å². The van der Waals surface area contributed by atoms with E-state index in [4.69, 9.17) is 18.9 Å². The fraction of sp³-hybridized carbons (Fsp3) is 0.517. The smallest absolute Gasteiger partial charge is 0.410 e. The minimum atomic E-state index is -0.593. The van der Waals surface area contributed by atoms with Gasteiger partial charge in [-0.25, -0.2) is 19.2 Å². The fourth-order valence-electron chi connectivity index (χ4n) is 4.68. The van der Waals surface area contributed by atoms with Crippen molar-refractivity contribution in [3.63, 3.8) is 0 Å². The van der Waals surface area contributed by atoms with E-state index >= 15 is 4.39 Å². The van der Waals surface area contributed by atoms with Gasteiger partial charge in [-0.2, -0.15) is 0 Å². The number of likely N-dealkylation sites (tertiary alicyclic amines) is 1. The van der Waals surface area contributed by atoms with Crippen molar-refractivity contribution in [2.75, 3.05) is 33.6 Å². The molecule has 5 rings (SSSR count). The van der Waals surface area contributed by atoms with E-state index in [2.05, 4.69) is 20.3 Å². The summed E-state index contributed by atoms with van der Waals surface area (Å²) in [6.07, 6.45) is 5.97. The molecule has 0 bridgehead atoms. The molecule has 3 heterocycles. The molecule has 220 valence electrons. The van der Waals surface area contributed by atoms with Crippen LogP contribution in [0.2, 0.25) is 0 Å². The Balaban J connectivity index is 1.34. The van der Waals surface area contributed by atoms with Gasteiger partial charge in [-0.3, -0.25) is 4.79 Å². The maximum Gasteiger partial charge on any atom is 0.410 e. The Morgan fingerprint density at radius 3 is 2.54 bits per heavy atom. The third-order valence-corrected chi connectivity index (χ3v) is 6.98. The van der Waals surface area contributed by atoms with Gasteiger partial charge in [0.25, 0.3) is 5.91 Å². The minimum Gasteiger partial charge on any atom is -0.492 e. The first kappa shape index (κ1) is 28.6. The SMILES string of the molecule is COCOc1cc(OCC2CC2)c(-c2ncnc3c(C(=O)NC4CCN(C(=O)OC(C)(C)C)CC4)c[nH]c23)cc1F. The molecule has 1 saturated heterocycles. The second-order valence-corrected chi connectivity index (χ2v) is 11.4. The number of benzene rings is 1. The third kappa shape index (κ3) is 6.87. The van der Waals surface area contributed by atoms with Crippen molar-refractivity contribution in [2.24, 2.45) is 5.92 Å². The van der Waals surface area contributed by atoms with Crippen LogP contribution in [0.15, 0.2) is 24.7 Å². The Morgan fingerprint density at radius 1 is 1.10 bits per heavy atom. The van der Waals surface area contributed by atoms with Crippen molar-refractivity contribution in [1.29, 1.82) is 0 Å². The number of nitrogens with one attached hydrogen (secondary N) is 2. The quantitative estimate of drug-likeness (QED) is 0.356. The summed E-state index contributed by atoms with van der Waals surface area (Å²) in [7, 11) is 1.46. The Kier molecular flexibility index (Phi) is 8.30. The molecule has 1 aliphatic heterocycles. The van der Waals surface area contributed by atoms with Gasteiger partial charge >= 0.3 is 6.09 Å². The number of hydrogen-bond donors (Lipinski definition) is 2. The van der Waals surface area contributed by atoms with Crippen LogP contribution in [0.4, 0.5) is 9.18 Å². The number of H-pyrrole nitrogens is 1. The zero-order valence-corrected chi connectivity index (χ0v) is 23.8. The zero-order valence-electron chi connectivity index (χ0n) is 23.8. The van der Waals surface area contributed by atoms with Gasteiger partial charge in [-0.15, -0.1) is 0 Å². The summed E-state index contributed by atoms with van der Waals surface area (Å²) in [6.45, 7) is 6.86. The normalized spacial score (nSPS) is 16.1. The van der Waals surface area contributed by atoms with Gasteiger partial charge in [0, 0.05) is 44.1 Å². The Bertz CT molecular complexity index is 1410. The topological polar surface area (TPSA) is 128 Å². The maximum absolute atomic E-state index is 15.0. The predicted octanol–water partition coefficient (Wildman–Crippen LogP) is 4.66. The monoisotopic (exact) mass is 569 g/mol. The van der Waals surface area contributed by atoms with Crippen LogP contribution in [0.5, 0.6) is 11.5 Å². The van der Waals surface area contributed by atoms with Gasteiger partial charge in [-0.1, -0.05) is 0 Å². The third-order valence-electron chi connectivity index (χ3n) is 6.98. The minimum absolute atomic E-state index is 0.0102. The molecule has 0 spiro atoms. The number of ether oxygens (including phenoxy) is 4. The highest BCUT2D eigenvalue weighted by atomic mass is 19.1. The van der Waals surface area contributed by atoms with Crippen LogP contribution in [-0.2, 0) is 9.47 Å². The molecule has 11 nitrogen and oxygen atoms in total. The summed E-state index contributed by atoms with van der Waals surface area (Å²) < 4.78 is 36.8. The zero-order chi connectivity index (χ0) is 29.1. The number of piperidine rings is 1. The lowest BCUT2D eigenvalue weighted by Gasteiger charge is -2.33.